The number of benzene rings is 3. The predicted octanol–water partition coefficient (Wildman–Crippen LogP) is 4.53. The molecule has 0 aliphatic heterocycles. The molecule has 0 heterocycles. The molecule has 3 aromatic rings. The van der Waals surface area contributed by atoms with Crippen LogP contribution in [-0.2, 0) is 33.8 Å². The van der Waals surface area contributed by atoms with E-state index in [1.54, 1.807) is 0 Å². The highest BCUT2D eigenvalue weighted by Gasteiger charge is 2.33. The summed E-state index contributed by atoms with van der Waals surface area (Å²) >= 11 is 5.97. The van der Waals surface area contributed by atoms with Crippen LogP contribution in [0.3, 0.4) is 0 Å². The zero-order valence-corrected chi connectivity index (χ0v) is 19.4. The first-order valence-electron chi connectivity index (χ1n) is 10.1. The molecule has 0 unspecified atom stereocenters. The summed E-state index contributed by atoms with van der Waals surface area (Å²) in [7, 11) is -4.14. The van der Waals surface area contributed by atoms with Crippen molar-refractivity contribution in [2.24, 2.45) is 5.10 Å². The van der Waals surface area contributed by atoms with E-state index in [-0.39, 0.29) is 5.02 Å². The lowest BCUT2D eigenvalue weighted by atomic mass is 10.0. The van der Waals surface area contributed by atoms with E-state index in [1.165, 1.54) is 22.7 Å². The lowest BCUT2D eigenvalue weighted by Crippen LogP contribution is -2.39. The first kappa shape index (κ1) is 24.0. The summed E-state index contributed by atoms with van der Waals surface area (Å²) in [6.45, 7) is -0.805. The molecule has 1 aliphatic rings. The molecular weight excluding hydrogens is 491 g/mol. The van der Waals surface area contributed by atoms with Crippen molar-refractivity contribution in [2.75, 3.05) is 17.1 Å². The van der Waals surface area contributed by atoms with Gasteiger partial charge in [-0.15, -0.1) is 0 Å². The van der Waals surface area contributed by atoms with E-state index in [9.17, 15) is 26.4 Å². The van der Waals surface area contributed by atoms with Crippen LogP contribution in [0.5, 0.6) is 0 Å². The predicted molar refractivity (Wildman–Crippen MR) is 126 cm³/mol. The Kier molecular flexibility index (Phi) is 6.30. The SMILES string of the molecule is CS(=O)(=O)N(CC(=O)N/N=C/c1ccc2c3c(cccc13)CC2)c1cc(C(F)(F)F)ccc1Cl. The summed E-state index contributed by atoms with van der Waals surface area (Å²) in [6, 6.07) is 12.1. The van der Waals surface area contributed by atoms with Gasteiger partial charge in [0, 0.05) is 5.56 Å². The van der Waals surface area contributed by atoms with Gasteiger partial charge in [-0.2, -0.15) is 18.3 Å². The van der Waals surface area contributed by atoms with Crippen molar-refractivity contribution in [3.05, 3.63) is 75.8 Å². The fourth-order valence-corrected chi connectivity index (χ4v) is 5.11. The number of nitrogens with zero attached hydrogens (tertiary/aromatic N) is 2. The van der Waals surface area contributed by atoms with Gasteiger partial charge in [0.2, 0.25) is 10.0 Å². The highest BCUT2D eigenvalue weighted by molar-refractivity contribution is 7.92. The number of aryl methyl sites for hydroxylation is 2. The molecule has 6 nitrogen and oxygen atoms in total. The van der Waals surface area contributed by atoms with E-state index in [4.69, 9.17) is 11.6 Å². The standard InChI is InChI=1S/C23H19ClF3N3O3S/c1-34(32,33)30(20-11-17(23(25,26)27)9-10-19(20)24)13-21(31)29-28-12-16-8-7-15-6-5-14-3-2-4-18(16)22(14)15/h2-4,7-12H,5-6,13H2,1H3,(H,29,31)/b28-12+. The molecule has 0 saturated carbocycles. The number of carbonyl (C=O) groups excluding carboxylic acids is 1. The maximum atomic E-state index is 13.1. The molecular formula is C23H19ClF3N3O3S. The van der Waals surface area contributed by atoms with Gasteiger partial charge in [-0.1, -0.05) is 41.9 Å². The second-order valence-electron chi connectivity index (χ2n) is 7.88. The summed E-state index contributed by atoms with van der Waals surface area (Å²) < 4.78 is 64.3. The highest BCUT2D eigenvalue weighted by atomic mass is 35.5. The quantitative estimate of drug-likeness (QED) is 0.392. The first-order chi connectivity index (χ1) is 15.9. The Hall–Kier alpha value is -3.11. The van der Waals surface area contributed by atoms with Crippen LogP contribution in [0.25, 0.3) is 10.8 Å². The number of hydrazone groups is 1. The van der Waals surface area contributed by atoms with E-state index < -0.39 is 39.9 Å². The molecule has 0 bridgehead atoms. The molecule has 34 heavy (non-hydrogen) atoms. The number of sulfonamides is 1. The smallest absolute Gasteiger partial charge is 0.271 e. The van der Waals surface area contributed by atoms with E-state index in [2.05, 4.69) is 16.6 Å². The van der Waals surface area contributed by atoms with Gasteiger partial charge in [-0.05, 0) is 52.9 Å². The second-order valence-corrected chi connectivity index (χ2v) is 10.2. The van der Waals surface area contributed by atoms with Crippen molar-refractivity contribution in [3.63, 3.8) is 0 Å². The third kappa shape index (κ3) is 4.88. The topological polar surface area (TPSA) is 78.8 Å². The van der Waals surface area contributed by atoms with Crippen LogP contribution in [0.2, 0.25) is 5.02 Å². The monoisotopic (exact) mass is 509 g/mol. The number of amides is 1. The number of nitrogens with one attached hydrogen (secondary N) is 1. The lowest BCUT2D eigenvalue weighted by Gasteiger charge is -2.23. The van der Waals surface area contributed by atoms with Crippen molar-refractivity contribution in [2.45, 2.75) is 19.0 Å². The fraction of sp³-hybridized carbons (Fsp3) is 0.217. The molecule has 0 fully saturated rings. The first-order valence-corrected chi connectivity index (χ1v) is 12.4. The number of hydrogen-bond donors (Lipinski definition) is 1. The Morgan fingerprint density at radius 1 is 1.15 bits per heavy atom. The van der Waals surface area contributed by atoms with Crippen LogP contribution in [0.4, 0.5) is 18.9 Å². The van der Waals surface area contributed by atoms with Crippen LogP contribution < -0.4 is 9.73 Å². The van der Waals surface area contributed by atoms with Crippen LogP contribution in [0.1, 0.15) is 22.3 Å². The number of anilines is 1. The Morgan fingerprint density at radius 2 is 1.85 bits per heavy atom. The minimum atomic E-state index is -4.71. The van der Waals surface area contributed by atoms with Crippen molar-refractivity contribution in [1.82, 2.24) is 5.43 Å². The third-order valence-electron chi connectivity index (χ3n) is 5.53. The molecule has 178 valence electrons. The average molecular weight is 510 g/mol. The van der Waals surface area contributed by atoms with Crippen molar-refractivity contribution in [1.29, 1.82) is 0 Å². The number of rotatable bonds is 6. The number of halogens is 4. The van der Waals surface area contributed by atoms with Gasteiger partial charge in [0.25, 0.3) is 5.91 Å². The van der Waals surface area contributed by atoms with Crippen LogP contribution in [-0.4, -0.2) is 33.3 Å². The molecule has 1 N–H and O–H groups in total. The van der Waals surface area contributed by atoms with E-state index in [1.807, 2.05) is 24.3 Å². The Morgan fingerprint density at radius 3 is 2.53 bits per heavy atom. The minimum absolute atomic E-state index is 0.248. The van der Waals surface area contributed by atoms with Gasteiger partial charge >= 0.3 is 6.18 Å². The molecule has 0 spiro atoms. The van der Waals surface area contributed by atoms with Gasteiger partial charge in [-0.25, -0.2) is 13.8 Å². The summed E-state index contributed by atoms with van der Waals surface area (Å²) in [4.78, 5) is 12.4. The summed E-state index contributed by atoms with van der Waals surface area (Å²) in [5.74, 6) is -0.846. The summed E-state index contributed by atoms with van der Waals surface area (Å²) in [6.07, 6.45) is -0.574. The Bertz CT molecular complexity index is 1410. The van der Waals surface area contributed by atoms with E-state index in [0.717, 1.165) is 42.2 Å². The molecule has 11 heteroatoms. The van der Waals surface area contributed by atoms with Gasteiger partial charge in [-0.3, -0.25) is 9.10 Å². The average Bonchev–Trinajstić information content (AvgIpc) is 3.17. The van der Waals surface area contributed by atoms with E-state index in [0.29, 0.717) is 10.4 Å². The molecule has 1 amide bonds. The molecule has 1 aliphatic carbocycles. The maximum Gasteiger partial charge on any atom is 0.416 e. The largest absolute Gasteiger partial charge is 0.416 e. The van der Waals surface area contributed by atoms with Crippen molar-refractivity contribution < 1.29 is 26.4 Å². The highest BCUT2D eigenvalue weighted by Crippen LogP contribution is 2.36. The van der Waals surface area contributed by atoms with Crippen molar-refractivity contribution >= 4 is 50.2 Å². The molecule has 0 aromatic heterocycles. The Balaban J connectivity index is 1.55. The van der Waals surface area contributed by atoms with Crippen LogP contribution in [0.15, 0.2) is 53.6 Å². The third-order valence-corrected chi connectivity index (χ3v) is 6.98. The molecule has 0 radical (unpaired) electrons. The second kappa shape index (κ2) is 8.92. The molecule has 0 atom stereocenters. The molecule has 4 rings (SSSR count). The molecule has 0 saturated heterocycles. The van der Waals surface area contributed by atoms with Gasteiger partial charge < -0.3 is 0 Å². The normalized spacial score (nSPS) is 13.6. The summed E-state index contributed by atoms with van der Waals surface area (Å²) in [5.41, 5.74) is 3.95. The number of carbonyl (C=O) groups is 1. The fourth-order valence-electron chi connectivity index (χ4n) is 3.98. The van der Waals surface area contributed by atoms with E-state index >= 15 is 0 Å². The van der Waals surface area contributed by atoms with Gasteiger partial charge in [0.15, 0.2) is 0 Å². The Labute approximate surface area is 199 Å². The number of hydrogen-bond acceptors (Lipinski definition) is 4. The van der Waals surface area contributed by atoms with Gasteiger partial charge in [0.1, 0.15) is 6.54 Å². The lowest BCUT2D eigenvalue weighted by molar-refractivity contribution is -0.137. The number of alkyl halides is 3. The molecule has 3 aromatic carbocycles. The van der Waals surface area contributed by atoms with Gasteiger partial charge in [0.05, 0.1) is 28.7 Å². The zero-order valence-electron chi connectivity index (χ0n) is 17.9. The summed E-state index contributed by atoms with van der Waals surface area (Å²) in [5, 5.41) is 5.82. The van der Waals surface area contributed by atoms with Crippen LogP contribution >= 0.6 is 11.6 Å². The minimum Gasteiger partial charge on any atom is -0.271 e. The maximum absolute atomic E-state index is 13.1. The zero-order chi connectivity index (χ0) is 24.7. The van der Waals surface area contributed by atoms with Crippen molar-refractivity contribution in [3.8, 4) is 0 Å². The van der Waals surface area contributed by atoms with Crippen LogP contribution in [0, 0.1) is 0 Å².